The van der Waals surface area contributed by atoms with Crippen LogP contribution in [0.3, 0.4) is 0 Å². The fourth-order valence-electron chi connectivity index (χ4n) is 2.83. The second-order valence-corrected chi connectivity index (χ2v) is 7.90. The largest absolute Gasteiger partial charge is 0.324 e. The predicted octanol–water partition coefficient (Wildman–Crippen LogP) is 1.09. The lowest BCUT2D eigenvalue weighted by Crippen LogP contribution is -2.55. The number of piperidine rings is 1. The molecule has 3 N–H and O–H groups in total. The Kier molecular flexibility index (Phi) is 4.98. The van der Waals surface area contributed by atoms with Crippen molar-refractivity contribution in [3.8, 4) is 0 Å². The molecule has 126 valence electrons. The van der Waals surface area contributed by atoms with E-state index >= 15 is 0 Å². The Labute approximate surface area is 140 Å². The predicted molar refractivity (Wildman–Crippen MR) is 91.6 cm³/mol. The van der Waals surface area contributed by atoms with Crippen LogP contribution in [-0.2, 0) is 14.6 Å². The van der Waals surface area contributed by atoms with Crippen LogP contribution in [0.15, 0.2) is 24.3 Å². The van der Waals surface area contributed by atoms with Gasteiger partial charge < -0.3 is 10.3 Å². The summed E-state index contributed by atoms with van der Waals surface area (Å²) in [5.41, 5.74) is 1.51. The summed E-state index contributed by atoms with van der Waals surface area (Å²) in [7, 11) is -3.53. The van der Waals surface area contributed by atoms with Gasteiger partial charge in [-0.15, -0.1) is 12.4 Å². The molecule has 2 heterocycles. The number of imidazole rings is 1. The summed E-state index contributed by atoms with van der Waals surface area (Å²) in [6.07, 6.45) is 1.65. The van der Waals surface area contributed by atoms with Crippen molar-refractivity contribution < 1.29 is 13.2 Å². The minimum atomic E-state index is -3.53. The molecule has 0 bridgehead atoms. The highest BCUT2D eigenvalue weighted by Crippen LogP contribution is 2.29. The average Bonchev–Trinajstić information content (AvgIpc) is 2.89. The number of sulfone groups is 1. The van der Waals surface area contributed by atoms with E-state index in [1.807, 2.05) is 24.3 Å². The van der Waals surface area contributed by atoms with Gasteiger partial charge in [0.15, 0.2) is 14.6 Å². The molecule has 2 aromatic rings. The summed E-state index contributed by atoms with van der Waals surface area (Å²) in [4.78, 5) is 19.9. The third-order valence-corrected chi connectivity index (χ3v) is 6.17. The standard InChI is InChI=1S/C14H18N4O3S.ClH/c1-22(20,21)14(6-8-15-9-7-14)12(19)18-13-16-10-4-2-3-5-11(10)17-13;/h2-5,15H,6-9H2,1H3,(H2,16,17,18,19);1H. The molecule has 1 amide bonds. The summed E-state index contributed by atoms with van der Waals surface area (Å²) in [6.45, 7) is 1.00. The van der Waals surface area contributed by atoms with Crippen LogP contribution in [0.1, 0.15) is 12.8 Å². The van der Waals surface area contributed by atoms with Gasteiger partial charge in [-0.2, -0.15) is 0 Å². The van der Waals surface area contributed by atoms with Gasteiger partial charge in [-0.1, -0.05) is 12.1 Å². The third-order valence-electron chi connectivity index (χ3n) is 4.16. The number of nitrogens with zero attached hydrogens (tertiary/aromatic N) is 1. The summed E-state index contributed by atoms with van der Waals surface area (Å²) in [5, 5.41) is 5.72. The fraction of sp³-hybridized carbons (Fsp3) is 0.429. The molecule has 0 radical (unpaired) electrons. The van der Waals surface area contributed by atoms with Crippen molar-refractivity contribution in [3.05, 3.63) is 24.3 Å². The van der Waals surface area contributed by atoms with E-state index in [0.29, 0.717) is 13.1 Å². The Morgan fingerprint density at radius 2 is 1.91 bits per heavy atom. The van der Waals surface area contributed by atoms with Gasteiger partial charge in [0.1, 0.15) is 0 Å². The van der Waals surface area contributed by atoms with E-state index in [1.54, 1.807) is 0 Å². The molecule has 0 saturated carbocycles. The van der Waals surface area contributed by atoms with Gasteiger partial charge in [-0.3, -0.25) is 10.1 Å². The number of carbonyl (C=O) groups is 1. The van der Waals surface area contributed by atoms with Crippen LogP contribution in [-0.4, -0.2) is 48.4 Å². The fourth-order valence-corrected chi connectivity index (χ4v) is 4.16. The van der Waals surface area contributed by atoms with Gasteiger partial charge in [0.05, 0.1) is 11.0 Å². The summed E-state index contributed by atoms with van der Waals surface area (Å²) >= 11 is 0. The molecule has 1 aliphatic rings. The zero-order valence-corrected chi connectivity index (χ0v) is 14.3. The lowest BCUT2D eigenvalue weighted by molar-refractivity contribution is -0.119. The molecule has 0 unspecified atom stereocenters. The zero-order chi connectivity index (χ0) is 15.8. The number of fused-ring (bicyclic) bond motifs is 1. The molecular formula is C14H19ClN4O3S. The van der Waals surface area contributed by atoms with Gasteiger partial charge in [0, 0.05) is 6.26 Å². The molecule has 0 atom stereocenters. The first kappa shape index (κ1) is 17.7. The second kappa shape index (κ2) is 6.46. The molecule has 1 aromatic carbocycles. The number of benzene rings is 1. The summed E-state index contributed by atoms with van der Waals surface area (Å²) < 4.78 is 23.0. The minimum absolute atomic E-state index is 0. The Hall–Kier alpha value is -1.64. The Balaban J connectivity index is 0.00000192. The van der Waals surface area contributed by atoms with Gasteiger partial charge in [0.25, 0.3) is 0 Å². The number of aromatic amines is 1. The third kappa shape index (κ3) is 3.19. The van der Waals surface area contributed by atoms with E-state index in [0.717, 1.165) is 17.3 Å². The highest BCUT2D eigenvalue weighted by atomic mass is 35.5. The van der Waals surface area contributed by atoms with Crippen molar-refractivity contribution in [1.29, 1.82) is 0 Å². The molecule has 0 spiro atoms. The van der Waals surface area contributed by atoms with Crippen LogP contribution in [0.5, 0.6) is 0 Å². The highest BCUT2D eigenvalue weighted by Gasteiger charge is 2.48. The number of halogens is 1. The van der Waals surface area contributed by atoms with Crippen LogP contribution < -0.4 is 10.6 Å². The molecule has 9 heteroatoms. The lowest BCUT2D eigenvalue weighted by atomic mass is 9.96. The van der Waals surface area contributed by atoms with Gasteiger partial charge >= 0.3 is 0 Å². The van der Waals surface area contributed by atoms with Crippen LogP contribution in [0.4, 0.5) is 5.95 Å². The van der Waals surface area contributed by atoms with Gasteiger partial charge in [-0.25, -0.2) is 13.4 Å². The first-order valence-corrected chi connectivity index (χ1v) is 8.98. The number of rotatable bonds is 3. The minimum Gasteiger partial charge on any atom is -0.324 e. The number of hydrogen-bond acceptors (Lipinski definition) is 5. The molecule has 1 fully saturated rings. The number of H-pyrrole nitrogens is 1. The second-order valence-electron chi connectivity index (χ2n) is 5.57. The first-order chi connectivity index (χ1) is 10.4. The van der Waals surface area contributed by atoms with Gasteiger partial charge in [-0.05, 0) is 38.1 Å². The summed E-state index contributed by atoms with van der Waals surface area (Å²) in [6, 6.07) is 7.36. The normalized spacial score (nSPS) is 17.4. The zero-order valence-electron chi connectivity index (χ0n) is 12.6. The van der Waals surface area contributed by atoms with Crippen LogP contribution in [0, 0.1) is 0 Å². The molecule has 1 aliphatic heterocycles. The van der Waals surface area contributed by atoms with E-state index in [4.69, 9.17) is 0 Å². The molecule has 1 aromatic heterocycles. The molecule has 1 saturated heterocycles. The van der Waals surface area contributed by atoms with Crippen LogP contribution >= 0.6 is 12.4 Å². The van der Waals surface area contributed by atoms with Crippen LogP contribution in [0.2, 0.25) is 0 Å². The SMILES string of the molecule is CS(=O)(=O)C1(C(=O)Nc2nc3ccccc3[nH]2)CCNCC1.Cl. The van der Waals surface area contributed by atoms with Crippen molar-refractivity contribution in [2.24, 2.45) is 0 Å². The molecule has 0 aliphatic carbocycles. The maximum atomic E-state index is 12.6. The number of hydrogen-bond donors (Lipinski definition) is 3. The topological polar surface area (TPSA) is 104 Å². The maximum Gasteiger partial charge on any atom is 0.248 e. The van der Waals surface area contributed by atoms with E-state index in [1.165, 1.54) is 0 Å². The maximum absolute atomic E-state index is 12.6. The number of nitrogens with one attached hydrogen (secondary N) is 3. The molecule has 3 rings (SSSR count). The number of para-hydroxylation sites is 2. The summed E-state index contributed by atoms with van der Waals surface area (Å²) in [5.74, 6) is -0.247. The van der Waals surface area contributed by atoms with E-state index in [-0.39, 0.29) is 31.2 Å². The van der Waals surface area contributed by atoms with Crippen molar-refractivity contribution in [2.45, 2.75) is 17.6 Å². The van der Waals surface area contributed by atoms with E-state index in [9.17, 15) is 13.2 Å². The Morgan fingerprint density at radius 1 is 1.26 bits per heavy atom. The van der Waals surface area contributed by atoms with Crippen LogP contribution in [0.25, 0.3) is 11.0 Å². The van der Waals surface area contributed by atoms with Gasteiger partial charge in [0.2, 0.25) is 11.9 Å². The van der Waals surface area contributed by atoms with Crippen molar-refractivity contribution in [2.75, 3.05) is 24.7 Å². The molecule has 7 nitrogen and oxygen atoms in total. The smallest absolute Gasteiger partial charge is 0.248 e. The average molecular weight is 359 g/mol. The highest BCUT2D eigenvalue weighted by molar-refractivity contribution is 7.92. The monoisotopic (exact) mass is 358 g/mol. The van der Waals surface area contributed by atoms with E-state index in [2.05, 4.69) is 20.6 Å². The first-order valence-electron chi connectivity index (χ1n) is 7.09. The Morgan fingerprint density at radius 3 is 2.52 bits per heavy atom. The molecular weight excluding hydrogens is 340 g/mol. The van der Waals surface area contributed by atoms with Crippen molar-refractivity contribution >= 4 is 45.1 Å². The number of anilines is 1. The number of carbonyl (C=O) groups excluding carboxylic acids is 1. The quantitative estimate of drug-likeness (QED) is 0.762. The Bertz CT molecular complexity index is 779. The van der Waals surface area contributed by atoms with Crippen molar-refractivity contribution in [1.82, 2.24) is 15.3 Å². The van der Waals surface area contributed by atoms with Crippen molar-refractivity contribution in [3.63, 3.8) is 0 Å². The molecule has 23 heavy (non-hydrogen) atoms. The van der Waals surface area contributed by atoms with E-state index < -0.39 is 20.5 Å². The number of aromatic nitrogens is 2. The number of amides is 1. The lowest BCUT2D eigenvalue weighted by Gasteiger charge is -2.33.